The molecule has 0 radical (unpaired) electrons. The summed E-state index contributed by atoms with van der Waals surface area (Å²) in [4.78, 5) is 0. The zero-order valence-electron chi connectivity index (χ0n) is 6.43. The Hall–Kier alpha value is -0.870. The number of hydrogen-bond donors (Lipinski definition) is 0. The molecule has 0 saturated heterocycles. The monoisotopic (exact) mass is 185 g/mol. The third-order valence-electron chi connectivity index (χ3n) is 1.48. The van der Waals surface area contributed by atoms with E-state index in [9.17, 15) is 13.0 Å². The molecular formula is C8H9O3S-. The lowest BCUT2D eigenvalue weighted by molar-refractivity contribution is 0.462. The van der Waals surface area contributed by atoms with Crippen molar-refractivity contribution >= 4 is 10.1 Å². The summed E-state index contributed by atoms with van der Waals surface area (Å²) in [5, 5.41) is 0. The number of rotatable bonds is 3. The van der Waals surface area contributed by atoms with E-state index in [1.54, 1.807) is 12.1 Å². The highest BCUT2D eigenvalue weighted by Gasteiger charge is 1.96. The summed E-state index contributed by atoms with van der Waals surface area (Å²) >= 11 is 0. The average molecular weight is 185 g/mol. The Bertz CT molecular complexity index is 329. The standard InChI is InChI=1S/C8H10O3S/c9-12(10,11)7-6-8-4-2-1-3-5-8/h1-5H,6-7H2,(H,9,10,11)/p-1. The predicted octanol–water partition coefficient (Wildman–Crippen LogP) is 0.774. The summed E-state index contributed by atoms with van der Waals surface area (Å²) in [5.74, 6) is -0.322. The van der Waals surface area contributed by atoms with Crippen LogP contribution in [0.4, 0.5) is 0 Å². The lowest BCUT2D eigenvalue weighted by atomic mass is 10.2. The van der Waals surface area contributed by atoms with Crippen LogP contribution in [0.25, 0.3) is 0 Å². The van der Waals surface area contributed by atoms with Crippen molar-refractivity contribution < 1.29 is 13.0 Å². The summed E-state index contributed by atoms with van der Waals surface area (Å²) in [6, 6.07) is 9.06. The molecule has 0 heterocycles. The summed E-state index contributed by atoms with van der Waals surface area (Å²) in [6.07, 6.45) is 0.298. The fraction of sp³-hybridized carbons (Fsp3) is 0.250. The van der Waals surface area contributed by atoms with E-state index >= 15 is 0 Å². The zero-order valence-corrected chi connectivity index (χ0v) is 7.25. The van der Waals surface area contributed by atoms with E-state index in [0.717, 1.165) is 5.56 Å². The van der Waals surface area contributed by atoms with Crippen LogP contribution < -0.4 is 0 Å². The van der Waals surface area contributed by atoms with Crippen LogP contribution in [0.1, 0.15) is 5.56 Å². The first-order valence-electron chi connectivity index (χ1n) is 3.55. The minimum atomic E-state index is -4.07. The minimum absolute atomic E-state index is 0.298. The van der Waals surface area contributed by atoms with E-state index in [-0.39, 0.29) is 5.75 Å². The second-order valence-corrected chi connectivity index (χ2v) is 4.02. The molecule has 0 aliphatic carbocycles. The van der Waals surface area contributed by atoms with Gasteiger partial charge in [0, 0.05) is 5.75 Å². The van der Waals surface area contributed by atoms with Crippen molar-refractivity contribution in [3.8, 4) is 0 Å². The van der Waals surface area contributed by atoms with Crippen LogP contribution in [0.2, 0.25) is 0 Å². The van der Waals surface area contributed by atoms with Crippen LogP contribution in [-0.2, 0) is 16.5 Å². The maximum Gasteiger partial charge on any atom is 0.0949 e. The van der Waals surface area contributed by atoms with Crippen molar-refractivity contribution in [3.05, 3.63) is 35.9 Å². The Morgan fingerprint density at radius 2 is 1.75 bits per heavy atom. The number of hydrogen-bond acceptors (Lipinski definition) is 3. The molecule has 0 aliphatic heterocycles. The first kappa shape index (κ1) is 9.22. The van der Waals surface area contributed by atoms with Crippen LogP contribution in [0.15, 0.2) is 30.3 Å². The molecule has 0 aliphatic rings. The van der Waals surface area contributed by atoms with Gasteiger partial charge < -0.3 is 4.55 Å². The van der Waals surface area contributed by atoms with Crippen molar-refractivity contribution in [2.45, 2.75) is 6.42 Å². The molecule has 12 heavy (non-hydrogen) atoms. The van der Waals surface area contributed by atoms with Gasteiger partial charge in [0.15, 0.2) is 0 Å². The molecular weight excluding hydrogens is 176 g/mol. The van der Waals surface area contributed by atoms with Gasteiger partial charge in [-0.05, 0) is 12.0 Å². The van der Waals surface area contributed by atoms with Crippen molar-refractivity contribution in [1.29, 1.82) is 0 Å². The Balaban J connectivity index is 2.56. The SMILES string of the molecule is O=S(=O)([O-])CCc1ccccc1. The largest absolute Gasteiger partial charge is 0.748 e. The highest BCUT2D eigenvalue weighted by molar-refractivity contribution is 7.85. The Morgan fingerprint density at radius 3 is 2.25 bits per heavy atom. The lowest BCUT2D eigenvalue weighted by Gasteiger charge is -2.05. The van der Waals surface area contributed by atoms with Gasteiger partial charge in [0.2, 0.25) is 0 Å². The number of benzene rings is 1. The second kappa shape index (κ2) is 3.69. The van der Waals surface area contributed by atoms with Gasteiger partial charge in [-0.25, -0.2) is 8.42 Å². The summed E-state index contributed by atoms with van der Waals surface area (Å²) in [7, 11) is -4.07. The highest BCUT2D eigenvalue weighted by Crippen LogP contribution is 2.00. The molecule has 0 N–H and O–H groups in total. The van der Waals surface area contributed by atoms with Crippen molar-refractivity contribution in [3.63, 3.8) is 0 Å². The van der Waals surface area contributed by atoms with Crippen molar-refractivity contribution in [1.82, 2.24) is 0 Å². The molecule has 4 heteroatoms. The van der Waals surface area contributed by atoms with Gasteiger partial charge >= 0.3 is 0 Å². The average Bonchev–Trinajstić information content (AvgIpc) is 2.02. The maximum absolute atomic E-state index is 10.2. The van der Waals surface area contributed by atoms with E-state index in [1.807, 2.05) is 18.2 Å². The fourth-order valence-electron chi connectivity index (χ4n) is 0.888. The second-order valence-electron chi connectivity index (χ2n) is 2.50. The van der Waals surface area contributed by atoms with Crippen molar-refractivity contribution in [2.24, 2.45) is 0 Å². The van der Waals surface area contributed by atoms with E-state index in [2.05, 4.69) is 0 Å². The normalized spacial score (nSPS) is 11.4. The van der Waals surface area contributed by atoms with Crippen LogP contribution in [0, 0.1) is 0 Å². The van der Waals surface area contributed by atoms with Crippen LogP contribution in [0.3, 0.4) is 0 Å². The molecule has 1 rings (SSSR count). The Kier molecular flexibility index (Phi) is 2.83. The van der Waals surface area contributed by atoms with Gasteiger partial charge in [-0.15, -0.1) is 0 Å². The number of aryl methyl sites for hydroxylation is 1. The highest BCUT2D eigenvalue weighted by atomic mass is 32.2. The fourth-order valence-corrected chi connectivity index (χ4v) is 1.37. The smallest absolute Gasteiger partial charge is 0.0949 e. The predicted molar refractivity (Wildman–Crippen MR) is 44.7 cm³/mol. The van der Waals surface area contributed by atoms with E-state index in [0.29, 0.717) is 6.42 Å². The van der Waals surface area contributed by atoms with Crippen molar-refractivity contribution in [2.75, 3.05) is 5.75 Å². The van der Waals surface area contributed by atoms with Gasteiger partial charge in [0.1, 0.15) is 0 Å². The minimum Gasteiger partial charge on any atom is -0.748 e. The molecule has 0 fully saturated rings. The van der Waals surface area contributed by atoms with Crippen LogP contribution in [-0.4, -0.2) is 18.7 Å². The first-order chi connectivity index (χ1) is 5.58. The molecule has 66 valence electrons. The Labute approximate surface area is 71.8 Å². The molecule has 0 saturated carbocycles. The zero-order chi connectivity index (χ0) is 9.03. The topological polar surface area (TPSA) is 57.2 Å². The third-order valence-corrected chi connectivity index (χ3v) is 2.19. The first-order valence-corrected chi connectivity index (χ1v) is 5.13. The maximum atomic E-state index is 10.2. The molecule has 0 amide bonds. The molecule has 0 unspecified atom stereocenters. The quantitative estimate of drug-likeness (QED) is 0.654. The van der Waals surface area contributed by atoms with Crippen LogP contribution in [0.5, 0.6) is 0 Å². The van der Waals surface area contributed by atoms with E-state index in [4.69, 9.17) is 0 Å². The molecule has 0 aromatic heterocycles. The molecule has 0 bridgehead atoms. The molecule has 3 nitrogen and oxygen atoms in total. The van der Waals surface area contributed by atoms with Gasteiger partial charge in [-0.2, -0.15) is 0 Å². The summed E-state index contributed by atoms with van der Waals surface area (Å²) in [6.45, 7) is 0. The molecule has 0 atom stereocenters. The van der Waals surface area contributed by atoms with Gasteiger partial charge in [0.25, 0.3) is 0 Å². The third kappa shape index (κ3) is 3.50. The molecule has 0 spiro atoms. The Morgan fingerprint density at radius 1 is 1.17 bits per heavy atom. The summed E-state index contributed by atoms with van der Waals surface area (Å²) in [5.41, 5.74) is 0.872. The van der Waals surface area contributed by atoms with E-state index in [1.165, 1.54) is 0 Å². The van der Waals surface area contributed by atoms with Gasteiger partial charge in [-0.1, -0.05) is 30.3 Å². The van der Waals surface area contributed by atoms with Crippen LogP contribution >= 0.6 is 0 Å². The molecule has 1 aromatic rings. The van der Waals surface area contributed by atoms with Gasteiger partial charge in [0.05, 0.1) is 10.1 Å². The summed E-state index contributed by atoms with van der Waals surface area (Å²) < 4.78 is 30.7. The van der Waals surface area contributed by atoms with E-state index < -0.39 is 10.1 Å². The lowest BCUT2D eigenvalue weighted by Crippen LogP contribution is -2.06. The molecule has 1 aromatic carbocycles. The van der Waals surface area contributed by atoms with Gasteiger partial charge in [-0.3, -0.25) is 0 Å².